The summed E-state index contributed by atoms with van der Waals surface area (Å²) in [6.45, 7) is 1.90. The largest absolute Gasteiger partial charge is 0.361 e. The van der Waals surface area contributed by atoms with Gasteiger partial charge < -0.3 is 4.98 Å². The first-order valence-corrected chi connectivity index (χ1v) is 7.06. The normalized spacial score (nSPS) is 14.0. The van der Waals surface area contributed by atoms with Gasteiger partial charge >= 0.3 is 0 Å². The maximum Gasteiger partial charge on any atom is 0.272 e. The van der Waals surface area contributed by atoms with Crippen LogP contribution < -0.4 is 0 Å². The van der Waals surface area contributed by atoms with E-state index in [9.17, 15) is 13.0 Å². The van der Waals surface area contributed by atoms with E-state index in [1.54, 1.807) is 6.20 Å². The van der Waals surface area contributed by atoms with Crippen molar-refractivity contribution in [3.63, 3.8) is 0 Å². The smallest absolute Gasteiger partial charge is 0.272 e. The van der Waals surface area contributed by atoms with E-state index in [0.717, 1.165) is 10.9 Å². The Labute approximate surface area is 100 Å². The average Bonchev–Trinajstić information content (AvgIpc) is 2.68. The third-order valence-electron chi connectivity index (χ3n) is 2.88. The molecular weight excluding hydrogens is 238 g/mol. The number of hydrogen-bond acceptors (Lipinski definition) is 2. The van der Waals surface area contributed by atoms with Crippen molar-refractivity contribution < 1.29 is 13.0 Å². The molecule has 0 aliphatic carbocycles. The van der Waals surface area contributed by atoms with Crippen LogP contribution in [-0.2, 0) is 10.1 Å². The van der Waals surface area contributed by atoms with E-state index in [4.69, 9.17) is 0 Å². The van der Waals surface area contributed by atoms with Gasteiger partial charge in [-0.25, -0.2) is 0 Å². The van der Waals surface area contributed by atoms with Crippen molar-refractivity contribution in [1.29, 1.82) is 0 Å². The van der Waals surface area contributed by atoms with Gasteiger partial charge in [0, 0.05) is 17.1 Å². The van der Waals surface area contributed by atoms with Gasteiger partial charge in [0.15, 0.2) is 0 Å². The van der Waals surface area contributed by atoms with Crippen molar-refractivity contribution in [2.75, 3.05) is 0 Å². The Bertz CT molecular complexity index is 615. The summed E-state index contributed by atoms with van der Waals surface area (Å²) in [6.07, 6.45) is 2.78. The number of nitrogens with one attached hydrogen (secondary N) is 1. The second kappa shape index (κ2) is 4.50. The van der Waals surface area contributed by atoms with Gasteiger partial charge in [-0.1, -0.05) is 31.5 Å². The zero-order chi connectivity index (χ0) is 12.5. The molecule has 17 heavy (non-hydrogen) atoms. The molecule has 1 aromatic heterocycles. The quantitative estimate of drug-likeness (QED) is 0.823. The summed E-state index contributed by atoms with van der Waals surface area (Å²) in [4.78, 5) is 3.02. The highest BCUT2D eigenvalue weighted by Gasteiger charge is 2.26. The van der Waals surface area contributed by atoms with E-state index >= 15 is 0 Å². The number of para-hydroxylation sites is 1. The van der Waals surface area contributed by atoms with Crippen LogP contribution in [-0.4, -0.2) is 18.0 Å². The Morgan fingerprint density at radius 3 is 2.71 bits per heavy atom. The zero-order valence-electron chi connectivity index (χ0n) is 9.55. The molecule has 1 aromatic carbocycles. The van der Waals surface area contributed by atoms with Crippen LogP contribution in [0.2, 0.25) is 0 Å². The van der Waals surface area contributed by atoms with E-state index in [1.807, 2.05) is 31.2 Å². The summed E-state index contributed by atoms with van der Waals surface area (Å²) in [5, 5.41) is 0.00669. The summed E-state index contributed by atoms with van der Waals surface area (Å²) >= 11 is 0. The standard InChI is InChI=1S/C12H15NO3S/c1-2-5-12(17(14,15)16)10-8-13-11-7-4-3-6-9(10)11/h3-4,6-8,12-13H,2,5H2,1H3,(H,14,15,16). The fourth-order valence-electron chi connectivity index (χ4n) is 2.09. The predicted molar refractivity (Wildman–Crippen MR) is 67.5 cm³/mol. The molecule has 0 bridgehead atoms. The molecule has 0 amide bonds. The summed E-state index contributed by atoms with van der Waals surface area (Å²) < 4.78 is 32.1. The Kier molecular flexibility index (Phi) is 3.22. The van der Waals surface area contributed by atoms with Gasteiger partial charge in [-0.2, -0.15) is 8.42 Å². The lowest BCUT2D eigenvalue weighted by atomic mass is 10.1. The molecule has 0 spiro atoms. The minimum atomic E-state index is -4.06. The van der Waals surface area contributed by atoms with Crippen LogP contribution in [0.5, 0.6) is 0 Å². The molecule has 2 rings (SSSR count). The number of hydrogen-bond donors (Lipinski definition) is 2. The average molecular weight is 253 g/mol. The first kappa shape index (κ1) is 12.1. The summed E-state index contributed by atoms with van der Waals surface area (Å²) in [5.41, 5.74) is 1.53. The number of aromatic amines is 1. The molecular formula is C12H15NO3S. The van der Waals surface area contributed by atoms with Crippen LogP contribution in [0.1, 0.15) is 30.6 Å². The van der Waals surface area contributed by atoms with E-state index in [0.29, 0.717) is 18.4 Å². The molecule has 4 nitrogen and oxygen atoms in total. The van der Waals surface area contributed by atoms with Crippen LogP contribution in [0, 0.1) is 0 Å². The zero-order valence-corrected chi connectivity index (χ0v) is 10.4. The molecule has 2 aromatic rings. The molecule has 0 aliphatic rings. The predicted octanol–water partition coefficient (Wildman–Crippen LogP) is 2.90. The highest BCUT2D eigenvalue weighted by molar-refractivity contribution is 7.86. The van der Waals surface area contributed by atoms with Crippen molar-refractivity contribution in [3.8, 4) is 0 Å². The number of benzene rings is 1. The molecule has 5 heteroatoms. The first-order valence-electron chi connectivity index (χ1n) is 5.56. The number of fused-ring (bicyclic) bond motifs is 1. The molecule has 0 fully saturated rings. The molecule has 1 atom stereocenters. The Morgan fingerprint density at radius 2 is 2.06 bits per heavy atom. The van der Waals surface area contributed by atoms with Crippen molar-refractivity contribution in [1.82, 2.24) is 4.98 Å². The number of aromatic nitrogens is 1. The lowest BCUT2D eigenvalue weighted by Crippen LogP contribution is -2.11. The van der Waals surface area contributed by atoms with Crippen molar-refractivity contribution in [2.45, 2.75) is 25.0 Å². The Balaban J connectivity index is 2.57. The summed E-state index contributed by atoms with van der Waals surface area (Å²) in [6, 6.07) is 7.47. The SMILES string of the molecule is CCCC(c1c[nH]c2ccccc12)S(=O)(=O)O. The maximum absolute atomic E-state index is 11.4. The van der Waals surface area contributed by atoms with Gasteiger partial charge in [0.1, 0.15) is 5.25 Å². The van der Waals surface area contributed by atoms with Crippen LogP contribution in [0.25, 0.3) is 10.9 Å². The van der Waals surface area contributed by atoms with E-state index < -0.39 is 15.4 Å². The van der Waals surface area contributed by atoms with Crippen molar-refractivity contribution in [2.24, 2.45) is 0 Å². The lowest BCUT2D eigenvalue weighted by Gasteiger charge is -2.11. The van der Waals surface area contributed by atoms with E-state index in [2.05, 4.69) is 4.98 Å². The molecule has 1 unspecified atom stereocenters. The number of H-pyrrole nitrogens is 1. The van der Waals surface area contributed by atoms with Gasteiger partial charge in [0.25, 0.3) is 10.1 Å². The van der Waals surface area contributed by atoms with Crippen LogP contribution >= 0.6 is 0 Å². The minimum Gasteiger partial charge on any atom is -0.361 e. The fourth-order valence-corrected chi connectivity index (χ4v) is 3.14. The summed E-state index contributed by atoms with van der Waals surface area (Å²) in [7, 11) is -4.06. The highest BCUT2D eigenvalue weighted by Crippen LogP contribution is 2.32. The fraction of sp³-hybridized carbons (Fsp3) is 0.333. The molecule has 2 N–H and O–H groups in total. The topological polar surface area (TPSA) is 70.2 Å². The monoisotopic (exact) mass is 253 g/mol. The molecule has 92 valence electrons. The third-order valence-corrected chi connectivity index (χ3v) is 4.09. The van der Waals surface area contributed by atoms with Crippen LogP contribution in [0.3, 0.4) is 0 Å². The molecule has 0 saturated heterocycles. The van der Waals surface area contributed by atoms with Gasteiger partial charge in [-0.15, -0.1) is 0 Å². The third kappa shape index (κ3) is 2.35. The van der Waals surface area contributed by atoms with Gasteiger partial charge in [-0.3, -0.25) is 4.55 Å². The highest BCUT2D eigenvalue weighted by atomic mass is 32.2. The van der Waals surface area contributed by atoms with Crippen LogP contribution in [0.4, 0.5) is 0 Å². The van der Waals surface area contributed by atoms with Crippen molar-refractivity contribution in [3.05, 3.63) is 36.0 Å². The molecule has 0 aliphatic heterocycles. The van der Waals surface area contributed by atoms with Gasteiger partial charge in [-0.05, 0) is 18.1 Å². The molecule has 1 heterocycles. The Hall–Kier alpha value is -1.33. The lowest BCUT2D eigenvalue weighted by molar-refractivity contribution is 0.463. The molecule has 0 saturated carbocycles. The Morgan fingerprint density at radius 1 is 1.35 bits per heavy atom. The minimum absolute atomic E-state index is 0.417. The second-order valence-corrected chi connectivity index (χ2v) is 5.68. The maximum atomic E-state index is 11.4. The van der Waals surface area contributed by atoms with Crippen molar-refractivity contribution >= 4 is 21.0 Å². The first-order chi connectivity index (χ1) is 8.04. The number of rotatable bonds is 4. The second-order valence-electron chi connectivity index (χ2n) is 4.08. The van der Waals surface area contributed by atoms with E-state index in [1.165, 1.54) is 0 Å². The summed E-state index contributed by atoms with van der Waals surface area (Å²) in [5.74, 6) is 0. The van der Waals surface area contributed by atoms with Crippen LogP contribution in [0.15, 0.2) is 30.5 Å². The van der Waals surface area contributed by atoms with Gasteiger partial charge in [0.2, 0.25) is 0 Å². The van der Waals surface area contributed by atoms with E-state index in [-0.39, 0.29) is 0 Å². The molecule has 0 radical (unpaired) electrons. The van der Waals surface area contributed by atoms with Gasteiger partial charge in [0.05, 0.1) is 0 Å².